The first-order valence-corrected chi connectivity index (χ1v) is 8.38. The van der Waals surface area contributed by atoms with Crippen LogP contribution in [0, 0.1) is 17.8 Å². The lowest BCUT2D eigenvalue weighted by Crippen LogP contribution is -2.36. The maximum Gasteiger partial charge on any atom is 0.0650 e. The van der Waals surface area contributed by atoms with Crippen molar-refractivity contribution in [3.63, 3.8) is 0 Å². The standard InChI is InChI=1S/C20H25N3/c1-15(2)22-13-17(21-4)14-23(18-10-6-5-9-16(18)3)20-12-8-7-11-19(20)22/h7-8,10-12,15-16H,9,13-14H2,1-4H3. The van der Waals surface area contributed by atoms with Gasteiger partial charge in [0.15, 0.2) is 0 Å². The van der Waals surface area contributed by atoms with Gasteiger partial charge < -0.3 is 9.80 Å². The van der Waals surface area contributed by atoms with Crippen LogP contribution in [0.25, 0.3) is 0 Å². The minimum atomic E-state index is 0.436. The van der Waals surface area contributed by atoms with Crippen molar-refractivity contribution >= 4 is 17.1 Å². The normalized spacial score (nSPS) is 22.4. The van der Waals surface area contributed by atoms with Crippen LogP contribution in [0.5, 0.6) is 0 Å². The number of rotatable bonds is 2. The molecule has 0 saturated heterocycles. The van der Waals surface area contributed by atoms with Gasteiger partial charge in [-0.1, -0.05) is 30.9 Å². The Hall–Kier alpha value is -2.21. The second kappa shape index (κ2) is 6.50. The lowest BCUT2D eigenvalue weighted by atomic mass is 9.98. The topological polar surface area (TPSA) is 18.8 Å². The van der Waals surface area contributed by atoms with Crippen LogP contribution >= 0.6 is 0 Å². The van der Waals surface area contributed by atoms with E-state index in [0.717, 1.165) is 19.5 Å². The van der Waals surface area contributed by atoms with Crippen LogP contribution in [-0.2, 0) is 0 Å². The number of fused-ring (bicyclic) bond motifs is 1. The van der Waals surface area contributed by atoms with Gasteiger partial charge >= 0.3 is 0 Å². The third-order valence-corrected chi connectivity index (χ3v) is 4.66. The first-order chi connectivity index (χ1) is 11.1. The van der Waals surface area contributed by atoms with Crippen molar-refractivity contribution in [3.8, 4) is 11.8 Å². The zero-order chi connectivity index (χ0) is 16.4. The molecular formula is C20H25N3. The van der Waals surface area contributed by atoms with Gasteiger partial charge in [-0.2, -0.15) is 0 Å². The highest BCUT2D eigenvalue weighted by atomic mass is 15.3. The fourth-order valence-corrected chi connectivity index (χ4v) is 3.30. The summed E-state index contributed by atoms with van der Waals surface area (Å²) in [4.78, 5) is 9.42. The van der Waals surface area contributed by atoms with Crippen LogP contribution in [0.2, 0.25) is 0 Å². The van der Waals surface area contributed by atoms with E-state index in [4.69, 9.17) is 0 Å². The van der Waals surface area contributed by atoms with E-state index in [0.29, 0.717) is 12.0 Å². The molecule has 1 aliphatic carbocycles. The molecule has 3 heteroatoms. The second-order valence-corrected chi connectivity index (χ2v) is 6.58. The number of hydrogen-bond donors (Lipinski definition) is 0. The van der Waals surface area contributed by atoms with E-state index < -0.39 is 0 Å². The largest absolute Gasteiger partial charge is 0.362 e. The Morgan fingerprint density at radius 3 is 2.57 bits per heavy atom. The van der Waals surface area contributed by atoms with Crippen LogP contribution in [0.3, 0.4) is 0 Å². The number of nitrogens with zero attached hydrogens (tertiary/aromatic N) is 3. The van der Waals surface area contributed by atoms with Crippen molar-refractivity contribution in [3.05, 3.63) is 36.0 Å². The van der Waals surface area contributed by atoms with Crippen molar-refractivity contribution in [2.75, 3.05) is 29.9 Å². The Labute approximate surface area is 139 Å². The molecule has 1 heterocycles. The van der Waals surface area contributed by atoms with E-state index in [2.05, 4.69) is 77.7 Å². The Bertz CT molecular complexity index is 703. The van der Waals surface area contributed by atoms with Crippen LogP contribution < -0.4 is 9.80 Å². The zero-order valence-corrected chi connectivity index (χ0v) is 14.5. The van der Waals surface area contributed by atoms with Gasteiger partial charge in [0.05, 0.1) is 30.2 Å². The highest BCUT2D eigenvalue weighted by Gasteiger charge is 2.28. The summed E-state index contributed by atoms with van der Waals surface area (Å²) < 4.78 is 0. The van der Waals surface area contributed by atoms with Crippen LogP contribution in [0.4, 0.5) is 11.4 Å². The minimum Gasteiger partial charge on any atom is -0.362 e. The van der Waals surface area contributed by atoms with E-state index in [1.165, 1.54) is 22.8 Å². The van der Waals surface area contributed by atoms with Gasteiger partial charge in [-0.05, 0) is 26.0 Å². The molecule has 0 amide bonds. The highest BCUT2D eigenvalue weighted by Crippen LogP contribution is 2.37. The van der Waals surface area contributed by atoms with Crippen molar-refractivity contribution < 1.29 is 0 Å². The molecule has 0 N–H and O–H groups in total. The van der Waals surface area contributed by atoms with E-state index in [1.807, 2.05) is 7.05 Å². The van der Waals surface area contributed by atoms with Gasteiger partial charge in [0.25, 0.3) is 0 Å². The number of anilines is 2. The summed E-state index contributed by atoms with van der Waals surface area (Å²) in [7, 11) is 1.90. The summed E-state index contributed by atoms with van der Waals surface area (Å²) in [5.41, 5.74) is 5.07. The minimum absolute atomic E-state index is 0.436. The zero-order valence-electron chi connectivity index (χ0n) is 14.5. The van der Waals surface area contributed by atoms with E-state index >= 15 is 0 Å². The quantitative estimate of drug-likeness (QED) is 0.776. The average Bonchev–Trinajstić information content (AvgIpc) is 2.72. The molecule has 0 aromatic heterocycles. The molecule has 23 heavy (non-hydrogen) atoms. The average molecular weight is 307 g/mol. The lowest BCUT2D eigenvalue weighted by Gasteiger charge is -2.32. The third kappa shape index (κ3) is 2.99. The maximum atomic E-state index is 4.56. The third-order valence-electron chi connectivity index (χ3n) is 4.66. The fraction of sp³-hybridized carbons (Fsp3) is 0.450. The second-order valence-electron chi connectivity index (χ2n) is 6.58. The predicted molar refractivity (Wildman–Crippen MR) is 99.3 cm³/mol. The monoisotopic (exact) mass is 307 g/mol. The Morgan fingerprint density at radius 1 is 1.17 bits per heavy atom. The van der Waals surface area contributed by atoms with Gasteiger partial charge in [0.1, 0.15) is 0 Å². The van der Waals surface area contributed by atoms with E-state index in [-0.39, 0.29) is 0 Å². The molecule has 0 saturated carbocycles. The van der Waals surface area contributed by atoms with Gasteiger partial charge in [-0.15, -0.1) is 0 Å². The number of allylic oxidation sites excluding steroid dienone is 2. The van der Waals surface area contributed by atoms with Crippen LogP contribution in [0.1, 0.15) is 27.2 Å². The summed E-state index contributed by atoms with van der Waals surface area (Å²) in [5.74, 6) is 6.83. The molecular weight excluding hydrogens is 282 g/mol. The molecule has 1 aliphatic heterocycles. The van der Waals surface area contributed by atoms with Crippen LogP contribution in [0.15, 0.2) is 41.0 Å². The summed E-state index contributed by atoms with van der Waals surface area (Å²) in [6, 6.07) is 9.13. The number of hydrogen-bond acceptors (Lipinski definition) is 3. The Morgan fingerprint density at radius 2 is 1.91 bits per heavy atom. The van der Waals surface area contributed by atoms with Gasteiger partial charge in [0.2, 0.25) is 0 Å². The Kier molecular flexibility index (Phi) is 4.43. The van der Waals surface area contributed by atoms with E-state index in [1.54, 1.807) is 0 Å². The summed E-state index contributed by atoms with van der Waals surface area (Å²) in [6.45, 7) is 8.47. The summed E-state index contributed by atoms with van der Waals surface area (Å²) >= 11 is 0. The molecule has 2 aliphatic rings. The number of aliphatic imine (C=N–C) groups is 1. The summed E-state index contributed by atoms with van der Waals surface area (Å²) in [5, 5.41) is 0. The number of benzene rings is 1. The molecule has 1 aromatic carbocycles. The van der Waals surface area contributed by atoms with Gasteiger partial charge in [0, 0.05) is 37.2 Å². The number of para-hydroxylation sites is 2. The predicted octanol–water partition coefficient (Wildman–Crippen LogP) is 3.72. The Balaban J connectivity index is 2.13. The molecule has 1 aromatic rings. The van der Waals surface area contributed by atoms with Crippen LogP contribution in [-0.4, -0.2) is 31.9 Å². The highest BCUT2D eigenvalue weighted by molar-refractivity contribution is 5.97. The van der Waals surface area contributed by atoms with E-state index in [9.17, 15) is 0 Å². The molecule has 0 fully saturated rings. The molecule has 1 atom stereocenters. The smallest absolute Gasteiger partial charge is 0.0650 e. The van der Waals surface area contributed by atoms with Gasteiger partial charge in [-0.3, -0.25) is 4.99 Å². The maximum absolute atomic E-state index is 4.56. The first kappa shape index (κ1) is 15.7. The first-order valence-electron chi connectivity index (χ1n) is 8.38. The molecule has 0 bridgehead atoms. The van der Waals surface area contributed by atoms with Gasteiger partial charge in [-0.25, -0.2) is 0 Å². The van der Waals surface area contributed by atoms with Crippen molar-refractivity contribution in [2.45, 2.75) is 33.2 Å². The van der Waals surface area contributed by atoms with Crippen molar-refractivity contribution in [1.29, 1.82) is 0 Å². The molecule has 1 unspecified atom stereocenters. The lowest BCUT2D eigenvalue weighted by molar-refractivity contribution is 0.671. The van der Waals surface area contributed by atoms with Crippen molar-refractivity contribution in [1.82, 2.24) is 0 Å². The molecule has 3 nitrogen and oxygen atoms in total. The molecule has 0 spiro atoms. The fourth-order valence-electron chi connectivity index (χ4n) is 3.30. The molecule has 3 rings (SSSR count). The molecule has 0 radical (unpaired) electrons. The SMILES string of the molecule is CN=C1CN(C2=CC#CCC2C)c2ccccc2N(C(C)C)C1. The summed E-state index contributed by atoms with van der Waals surface area (Å²) in [6.07, 6.45) is 3.01. The van der Waals surface area contributed by atoms with Crippen molar-refractivity contribution in [2.24, 2.45) is 10.9 Å². The molecule has 120 valence electrons.